The van der Waals surface area contributed by atoms with E-state index in [1.165, 1.54) is 5.56 Å². The Labute approximate surface area is 153 Å². The van der Waals surface area contributed by atoms with Gasteiger partial charge in [0.05, 0.1) is 13.2 Å². The summed E-state index contributed by atoms with van der Waals surface area (Å²) in [5, 5.41) is 7.02. The topological polar surface area (TPSA) is 85.2 Å². The van der Waals surface area contributed by atoms with E-state index in [-0.39, 0.29) is 5.92 Å². The summed E-state index contributed by atoms with van der Waals surface area (Å²) < 4.78 is 6.79. The van der Waals surface area contributed by atoms with Crippen LogP contribution in [0.2, 0.25) is 0 Å². The Balaban J connectivity index is 1.61. The molecule has 1 amide bonds. The minimum Gasteiger partial charge on any atom is -0.450 e. The molecule has 2 aromatic rings. The molecule has 0 spiro atoms. The zero-order valence-corrected chi connectivity index (χ0v) is 15.6. The number of ether oxygens (including phenoxy) is 1. The van der Waals surface area contributed by atoms with Crippen LogP contribution in [-0.2, 0) is 17.7 Å². The van der Waals surface area contributed by atoms with Gasteiger partial charge in [0.15, 0.2) is 0 Å². The third-order valence-corrected chi connectivity index (χ3v) is 4.77. The van der Waals surface area contributed by atoms with Crippen LogP contribution in [0.1, 0.15) is 37.6 Å². The number of fused-ring (bicyclic) bond motifs is 1. The molecule has 26 heavy (non-hydrogen) atoms. The van der Waals surface area contributed by atoms with E-state index in [1.54, 1.807) is 6.92 Å². The Morgan fingerprint density at radius 3 is 2.92 bits per heavy atom. The quantitative estimate of drug-likeness (QED) is 0.853. The first-order valence-electron chi connectivity index (χ1n) is 9.04. The molecule has 3 heterocycles. The highest BCUT2D eigenvalue weighted by Gasteiger charge is 2.29. The van der Waals surface area contributed by atoms with Crippen molar-refractivity contribution in [2.45, 2.75) is 45.2 Å². The normalized spacial score (nSPS) is 19.2. The number of rotatable bonds is 6. The number of pyridine rings is 1. The SMILES string of the molecule is CCOC(=O)Nc1nc2n(n1)CC(N(C)CCc1ccncc1)CC2C. The Kier molecular flexibility index (Phi) is 5.82. The van der Waals surface area contributed by atoms with Gasteiger partial charge in [0, 0.05) is 30.9 Å². The first-order chi connectivity index (χ1) is 12.6. The van der Waals surface area contributed by atoms with Crippen molar-refractivity contribution in [2.75, 3.05) is 25.5 Å². The number of likely N-dealkylation sites (N-methyl/N-ethyl adjacent to an activating group) is 1. The standard InChI is InChI=1S/C18H26N6O2/c1-4-26-18(25)21-17-20-16-13(2)11-15(12-24(16)22-17)23(3)10-7-14-5-8-19-9-6-14/h5-6,8-9,13,15H,4,7,10-12H2,1-3H3,(H,21,22,25). The fourth-order valence-electron chi connectivity index (χ4n) is 3.31. The number of nitrogens with zero attached hydrogens (tertiary/aromatic N) is 5. The molecule has 8 nitrogen and oxygen atoms in total. The van der Waals surface area contributed by atoms with Crippen LogP contribution in [0.4, 0.5) is 10.7 Å². The van der Waals surface area contributed by atoms with E-state index >= 15 is 0 Å². The van der Waals surface area contributed by atoms with Crippen LogP contribution in [0.25, 0.3) is 0 Å². The zero-order chi connectivity index (χ0) is 18.5. The van der Waals surface area contributed by atoms with Crippen LogP contribution < -0.4 is 5.32 Å². The molecule has 140 valence electrons. The van der Waals surface area contributed by atoms with E-state index in [4.69, 9.17) is 4.74 Å². The molecular weight excluding hydrogens is 332 g/mol. The summed E-state index contributed by atoms with van der Waals surface area (Å²) in [5.74, 6) is 1.50. The maximum Gasteiger partial charge on any atom is 0.414 e. The molecule has 1 aliphatic rings. The average molecular weight is 358 g/mol. The second-order valence-electron chi connectivity index (χ2n) is 6.70. The highest BCUT2D eigenvalue weighted by atomic mass is 16.5. The third kappa shape index (κ3) is 4.37. The number of amides is 1. The molecule has 0 aliphatic carbocycles. The molecule has 1 aliphatic heterocycles. The van der Waals surface area contributed by atoms with Crippen LogP contribution >= 0.6 is 0 Å². The van der Waals surface area contributed by atoms with Gasteiger partial charge in [-0.05, 0) is 44.5 Å². The molecule has 0 fully saturated rings. The molecule has 0 saturated heterocycles. The summed E-state index contributed by atoms with van der Waals surface area (Å²) in [5.41, 5.74) is 1.29. The van der Waals surface area contributed by atoms with Gasteiger partial charge in [0.1, 0.15) is 5.82 Å². The lowest BCUT2D eigenvalue weighted by Crippen LogP contribution is -2.41. The molecule has 2 unspecified atom stereocenters. The second kappa shape index (κ2) is 8.27. The molecule has 8 heteroatoms. The summed E-state index contributed by atoms with van der Waals surface area (Å²) in [6.45, 7) is 5.97. The van der Waals surface area contributed by atoms with Crippen molar-refractivity contribution in [3.63, 3.8) is 0 Å². The average Bonchev–Trinajstić information content (AvgIpc) is 3.03. The largest absolute Gasteiger partial charge is 0.450 e. The highest BCUT2D eigenvalue weighted by Crippen LogP contribution is 2.28. The van der Waals surface area contributed by atoms with E-state index in [9.17, 15) is 4.79 Å². The van der Waals surface area contributed by atoms with Gasteiger partial charge in [-0.25, -0.2) is 9.48 Å². The number of aromatic nitrogens is 4. The summed E-state index contributed by atoms with van der Waals surface area (Å²) in [6, 6.07) is 4.50. The van der Waals surface area contributed by atoms with Gasteiger partial charge >= 0.3 is 6.09 Å². The minimum atomic E-state index is -0.519. The highest BCUT2D eigenvalue weighted by molar-refractivity contribution is 5.82. The second-order valence-corrected chi connectivity index (χ2v) is 6.70. The van der Waals surface area contributed by atoms with Crippen molar-refractivity contribution in [1.82, 2.24) is 24.6 Å². The van der Waals surface area contributed by atoms with Gasteiger partial charge in [-0.1, -0.05) is 6.92 Å². The van der Waals surface area contributed by atoms with Crippen LogP contribution in [0.15, 0.2) is 24.5 Å². The number of carbonyl (C=O) groups is 1. The number of anilines is 1. The van der Waals surface area contributed by atoms with Crippen molar-refractivity contribution in [1.29, 1.82) is 0 Å². The fraction of sp³-hybridized carbons (Fsp3) is 0.556. The fourth-order valence-corrected chi connectivity index (χ4v) is 3.31. The maximum absolute atomic E-state index is 11.6. The molecular formula is C18H26N6O2. The molecule has 0 radical (unpaired) electrons. The molecule has 2 atom stereocenters. The van der Waals surface area contributed by atoms with Crippen molar-refractivity contribution < 1.29 is 9.53 Å². The Bertz CT molecular complexity index is 733. The molecule has 0 aromatic carbocycles. The van der Waals surface area contributed by atoms with E-state index in [2.05, 4.69) is 51.4 Å². The van der Waals surface area contributed by atoms with Gasteiger partial charge in [0.2, 0.25) is 0 Å². The number of nitrogens with one attached hydrogen (secondary N) is 1. The van der Waals surface area contributed by atoms with Crippen LogP contribution in [0.3, 0.4) is 0 Å². The lowest BCUT2D eigenvalue weighted by atomic mass is 9.96. The van der Waals surface area contributed by atoms with E-state index in [0.29, 0.717) is 18.6 Å². The van der Waals surface area contributed by atoms with Gasteiger partial charge in [-0.15, -0.1) is 5.10 Å². The smallest absolute Gasteiger partial charge is 0.414 e. The Morgan fingerprint density at radius 1 is 1.42 bits per heavy atom. The summed E-state index contributed by atoms with van der Waals surface area (Å²) >= 11 is 0. The van der Waals surface area contributed by atoms with Crippen molar-refractivity contribution in [3.8, 4) is 0 Å². The van der Waals surface area contributed by atoms with Crippen molar-refractivity contribution in [3.05, 3.63) is 35.9 Å². The predicted molar refractivity (Wildman–Crippen MR) is 98.1 cm³/mol. The van der Waals surface area contributed by atoms with Crippen LogP contribution in [-0.4, -0.2) is 57.0 Å². The zero-order valence-electron chi connectivity index (χ0n) is 15.6. The van der Waals surface area contributed by atoms with Crippen LogP contribution in [0, 0.1) is 0 Å². The molecule has 2 aromatic heterocycles. The van der Waals surface area contributed by atoms with Crippen molar-refractivity contribution in [2.24, 2.45) is 0 Å². The Morgan fingerprint density at radius 2 is 2.19 bits per heavy atom. The minimum absolute atomic E-state index is 0.280. The van der Waals surface area contributed by atoms with Gasteiger partial charge in [-0.3, -0.25) is 10.3 Å². The summed E-state index contributed by atoms with van der Waals surface area (Å²) in [7, 11) is 2.15. The molecule has 0 bridgehead atoms. The lowest BCUT2D eigenvalue weighted by molar-refractivity contribution is 0.167. The van der Waals surface area contributed by atoms with Gasteiger partial charge in [0.25, 0.3) is 5.95 Å². The predicted octanol–water partition coefficient (Wildman–Crippen LogP) is 2.29. The van der Waals surface area contributed by atoms with E-state index in [0.717, 1.165) is 31.8 Å². The summed E-state index contributed by atoms with van der Waals surface area (Å²) in [4.78, 5) is 22.5. The third-order valence-electron chi connectivity index (χ3n) is 4.77. The van der Waals surface area contributed by atoms with Crippen molar-refractivity contribution >= 4 is 12.0 Å². The number of hydrogen-bond donors (Lipinski definition) is 1. The van der Waals surface area contributed by atoms with E-state index < -0.39 is 6.09 Å². The first kappa shape index (κ1) is 18.3. The maximum atomic E-state index is 11.6. The number of carbonyl (C=O) groups excluding carboxylic acids is 1. The van der Waals surface area contributed by atoms with Gasteiger partial charge < -0.3 is 9.64 Å². The van der Waals surface area contributed by atoms with E-state index in [1.807, 2.05) is 17.1 Å². The first-order valence-corrected chi connectivity index (χ1v) is 9.04. The van der Waals surface area contributed by atoms with Crippen LogP contribution in [0.5, 0.6) is 0 Å². The molecule has 1 N–H and O–H groups in total. The summed E-state index contributed by atoms with van der Waals surface area (Å²) in [6.07, 6.45) is 5.15. The number of hydrogen-bond acceptors (Lipinski definition) is 6. The molecule has 0 saturated carbocycles. The van der Waals surface area contributed by atoms with Gasteiger partial charge in [-0.2, -0.15) is 4.98 Å². The monoisotopic (exact) mass is 358 g/mol. The lowest BCUT2D eigenvalue weighted by Gasteiger charge is -2.34. The Hall–Kier alpha value is -2.48. The molecule has 3 rings (SSSR count).